The topological polar surface area (TPSA) is 103 Å². The van der Waals surface area contributed by atoms with Gasteiger partial charge in [-0.1, -0.05) is 49.4 Å². The first-order chi connectivity index (χ1) is 17.0. The molecule has 10 heteroatoms. The fraction of sp³-hybridized carbons (Fsp3) is 0.320. The van der Waals surface area contributed by atoms with Crippen LogP contribution in [0.5, 0.6) is 0 Å². The highest BCUT2D eigenvalue weighted by Crippen LogP contribution is 2.34. The van der Waals surface area contributed by atoms with Gasteiger partial charge in [-0.2, -0.15) is 0 Å². The molecule has 0 radical (unpaired) electrons. The number of halogens is 1. The molecule has 0 saturated heterocycles. The lowest BCUT2D eigenvalue weighted by molar-refractivity contribution is -0.125. The molecule has 0 unspecified atom stereocenters. The molecule has 2 heterocycles. The van der Waals surface area contributed by atoms with E-state index in [4.69, 9.17) is 0 Å². The number of nitrogens with zero attached hydrogens (tertiary/aromatic N) is 3. The smallest absolute Gasteiger partial charge is 0.259 e. The van der Waals surface area contributed by atoms with Crippen LogP contribution < -0.4 is 10.6 Å². The highest BCUT2D eigenvalue weighted by atomic mass is 32.2. The molecular formula is C25H26FN5O3S. The van der Waals surface area contributed by atoms with Gasteiger partial charge in [-0.05, 0) is 37.1 Å². The molecule has 0 saturated carbocycles. The van der Waals surface area contributed by atoms with Gasteiger partial charge in [0.1, 0.15) is 17.7 Å². The molecule has 2 N–H and O–H groups in total. The molecule has 2 aromatic carbocycles. The number of para-hydroxylation sites is 2. The molecule has 2 aromatic rings. The number of carbonyl (C=O) groups is 3. The minimum atomic E-state index is -0.703. The first-order valence-electron chi connectivity index (χ1n) is 11.5. The molecule has 0 fully saturated rings. The predicted octanol–water partition coefficient (Wildman–Crippen LogP) is 3.85. The Morgan fingerprint density at radius 3 is 2.69 bits per heavy atom. The second kappa shape index (κ2) is 11.3. The second-order valence-corrected chi connectivity index (χ2v) is 9.06. The van der Waals surface area contributed by atoms with Crippen LogP contribution >= 0.6 is 11.8 Å². The monoisotopic (exact) mass is 495 g/mol. The molecule has 0 aromatic heterocycles. The normalized spacial score (nSPS) is 16.2. The predicted molar refractivity (Wildman–Crippen MR) is 135 cm³/mol. The van der Waals surface area contributed by atoms with Crippen molar-refractivity contribution in [1.29, 1.82) is 0 Å². The van der Waals surface area contributed by atoms with Gasteiger partial charge in [-0.15, -0.1) is 0 Å². The first-order valence-corrected chi connectivity index (χ1v) is 12.5. The van der Waals surface area contributed by atoms with E-state index in [9.17, 15) is 18.8 Å². The maximum atomic E-state index is 13.9. The molecule has 0 spiro atoms. The maximum absolute atomic E-state index is 13.9. The fourth-order valence-electron chi connectivity index (χ4n) is 3.73. The number of thioether (sulfide) groups is 1. The van der Waals surface area contributed by atoms with Gasteiger partial charge in [-0.3, -0.25) is 19.4 Å². The molecule has 182 valence electrons. The zero-order chi connectivity index (χ0) is 24.8. The van der Waals surface area contributed by atoms with E-state index in [1.165, 1.54) is 17.0 Å². The van der Waals surface area contributed by atoms with Crippen molar-refractivity contribution in [3.05, 3.63) is 59.9 Å². The first kappa shape index (κ1) is 24.6. The van der Waals surface area contributed by atoms with Crippen LogP contribution in [-0.2, 0) is 14.4 Å². The number of rotatable bonds is 9. The molecule has 35 heavy (non-hydrogen) atoms. The van der Waals surface area contributed by atoms with Gasteiger partial charge in [0.25, 0.3) is 5.91 Å². The lowest BCUT2D eigenvalue weighted by atomic mass is 10.1. The van der Waals surface area contributed by atoms with E-state index in [-0.39, 0.29) is 36.1 Å². The Morgan fingerprint density at radius 2 is 1.89 bits per heavy atom. The number of fused-ring (bicyclic) bond motifs is 3. The summed E-state index contributed by atoms with van der Waals surface area (Å²) in [7, 11) is 0. The molecule has 1 atom stereocenters. The minimum absolute atomic E-state index is 0.0725. The Kier molecular flexibility index (Phi) is 7.91. The average molecular weight is 496 g/mol. The van der Waals surface area contributed by atoms with Crippen molar-refractivity contribution in [3.63, 3.8) is 0 Å². The number of hydrogen-bond donors (Lipinski definition) is 2. The third-order valence-corrected chi connectivity index (χ3v) is 6.46. The number of nitrogens with one attached hydrogen (secondary N) is 2. The van der Waals surface area contributed by atoms with Gasteiger partial charge >= 0.3 is 0 Å². The fourth-order valence-corrected chi connectivity index (χ4v) is 4.53. The van der Waals surface area contributed by atoms with E-state index >= 15 is 0 Å². The summed E-state index contributed by atoms with van der Waals surface area (Å²) in [4.78, 5) is 48.5. The zero-order valence-electron chi connectivity index (χ0n) is 19.3. The lowest BCUT2D eigenvalue weighted by Gasteiger charge is -2.25. The molecule has 0 bridgehead atoms. The maximum Gasteiger partial charge on any atom is 0.259 e. The number of benzene rings is 2. The minimum Gasteiger partial charge on any atom is -0.356 e. The molecular weight excluding hydrogens is 469 g/mol. The Labute approximate surface area is 207 Å². The third kappa shape index (κ3) is 5.76. The number of aliphatic imine (C=N–C) groups is 2. The van der Waals surface area contributed by atoms with E-state index in [0.29, 0.717) is 23.2 Å². The van der Waals surface area contributed by atoms with Crippen LogP contribution in [-0.4, -0.2) is 52.0 Å². The average Bonchev–Trinajstić information content (AvgIpc) is 3.19. The van der Waals surface area contributed by atoms with E-state index in [2.05, 4.69) is 20.6 Å². The van der Waals surface area contributed by atoms with Crippen molar-refractivity contribution in [1.82, 2.24) is 10.2 Å². The van der Waals surface area contributed by atoms with Crippen molar-refractivity contribution in [2.75, 3.05) is 17.6 Å². The number of unbranched alkanes of at least 4 members (excludes halogenated alkanes) is 1. The Bertz CT molecular complexity index is 1200. The Balaban J connectivity index is 1.46. The summed E-state index contributed by atoms with van der Waals surface area (Å²) in [6, 6.07) is 12.5. The number of amides is 3. The van der Waals surface area contributed by atoms with Gasteiger partial charge in [0.2, 0.25) is 11.8 Å². The summed E-state index contributed by atoms with van der Waals surface area (Å²) in [5.41, 5.74) is 1.45. The van der Waals surface area contributed by atoms with Crippen LogP contribution in [0.2, 0.25) is 0 Å². The Hall–Kier alpha value is -3.53. The number of carbonyl (C=O) groups excluding carboxylic acids is 3. The summed E-state index contributed by atoms with van der Waals surface area (Å²) in [5.74, 6) is -0.945. The summed E-state index contributed by atoms with van der Waals surface area (Å²) < 4.78 is 13.9. The SMILES string of the molecule is CCCCNC(=O)CC[C@@H]1N=C2c3ccccc3N=C(SCC(=O)Nc3ccccc3F)N2C1=O. The Morgan fingerprint density at radius 1 is 1.11 bits per heavy atom. The van der Waals surface area contributed by atoms with Crippen molar-refractivity contribution >= 4 is 51.9 Å². The molecule has 4 rings (SSSR count). The van der Waals surface area contributed by atoms with Crippen LogP contribution in [0.15, 0.2) is 58.5 Å². The molecule has 2 aliphatic heterocycles. The van der Waals surface area contributed by atoms with Crippen LogP contribution in [0, 0.1) is 5.82 Å². The van der Waals surface area contributed by atoms with Crippen LogP contribution in [0.3, 0.4) is 0 Å². The molecule has 2 aliphatic rings. The van der Waals surface area contributed by atoms with Gasteiger partial charge in [0.15, 0.2) is 5.17 Å². The van der Waals surface area contributed by atoms with Gasteiger partial charge in [-0.25, -0.2) is 14.3 Å². The lowest BCUT2D eigenvalue weighted by Crippen LogP contribution is -2.41. The van der Waals surface area contributed by atoms with E-state index in [1.54, 1.807) is 12.1 Å². The van der Waals surface area contributed by atoms with Gasteiger partial charge in [0.05, 0.1) is 17.1 Å². The number of hydrogen-bond acceptors (Lipinski definition) is 6. The highest BCUT2D eigenvalue weighted by molar-refractivity contribution is 8.14. The molecule has 8 nitrogen and oxygen atoms in total. The zero-order valence-corrected chi connectivity index (χ0v) is 20.1. The van der Waals surface area contributed by atoms with Crippen molar-refractivity contribution in [2.24, 2.45) is 9.98 Å². The van der Waals surface area contributed by atoms with Crippen molar-refractivity contribution < 1.29 is 18.8 Å². The van der Waals surface area contributed by atoms with E-state index < -0.39 is 17.8 Å². The number of amidine groups is 2. The van der Waals surface area contributed by atoms with E-state index in [1.807, 2.05) is 31.2 Å². The summed E-state index contributed by atoms with van der Waals surface area (Å²) in [6.45, 7) is 2.67. The highest BCUT2D eigenvalue weighted by Gasteiger charge is 2.41. The van der Waals surface area contributed by atoms with Crippen molar-refractivity contribution in [3.8, 4) is 0 Å². The largest absolute Gasteiger partial charge is 0.356 e. The van der Waals surface area contributed by atoms with Crippen molar-refractivity contribution in [2.45, 2.75) is 38.6 Å². The second-order valence-electron chi connectivity index (χ2n) is 8.11. The van der Waals surface area contributed by atoms with Crippen LogP contribution in [0.4, 0.5) is 15.8 Å². The molecule has 3 amide bonds. The third-order valence-electron chi connectivity index (χ3n) is 5.53. The standard InChI is InChI=1S/C25H26FN5O3S/c1-2-3-14-27-21(32)13-12-20-24(34)31-23(29-20)16-8-4-6-10-18(16)30-25(31)35-15-22(33)28-19-11-7-5-9-17(19)26/h4-11,20H,2-3,12-15H2,1H3,(H,27,32)(H,28,33)/t20-/m0/s1. The van der Waals surface area contributed by atoms with Crippen LogP contribution in [0.25, 0.3) is 0 Å². The summed E-state index contributed by atoms with van der Waals surface area (Å²) >= 11 is 1.07. The summed E-state index contributed by atoms with van der Waals surface area (Å²) in [5, 5.41) is 5.71. The summed E-state index contributed by atoms with van der Waals surface area (Å²) in [6.07, 6.45) is 2.37. The number of anilines is 1. The van der Waals surface area contributed by atoms with Gasteiger partial charge < -0.3 is 10.6 Å². The molecule has 0 aliphatic carbocycles. The quantitative estimate of drug-likeness (QED) is 0.516. The van der Waals surface area contributed by atoms with Crippen LogP contribution in [0.1, 0.15) is 38.2 Å². The van der Waals surface area contributed by atoms with Gasteiger partial charge in [0, 0.05) is 18.5 Å². The van der Waals surface area contributed by atoms with E-state index in [0.717, 1.165) is 30.2 Å².